The molecule has 0 bridgehead atoms. The minimum atomic E-state index is -3.31. The summed E-state index contributed by atoms with van der Waals surface area (Å²) in [6, 6.07) is -0.0637. The van der Waals surface area contributed by atoms with E-state index in [-0.39, 0.29) is 17.4 Å². The van der Waals surface area contributed by atoms with Crippen LogP contribution in [0.25, 0.3) is 0 Å². The smallest absolute Gasteiger partial charge is 0.225 e. The molecule has 6 heteroatoms. The molecule has 0 aromatic carbocycles. The average molecular weight is 240 g/mol. The van der Waals surface area contributed by atoms with Gasteiger partial charge in [-0.15, -0.1) is 11.6 Å². The van der Waals surface area contributed by atoms with E-state index >= 15 is 0 Å². The van der Waals surface area contributed by atoms with E-state index in [1.54, 1.807) is 0 Å². The molecule has 2 fully saturated rings. The van der Waals surface area contributed by atoms with Crippen molar-refractivity contribution < 1.29 is 13.2 Å². The number of hydrogen-bond donors (Lipinski definition) is 1. The zero-order chi connectivity index (χ0) is 10.2. The number of ether oxygens (including phenoxy) is 1. The molecule has 82 valence electrons. The highest BCUT2D eigenvalue weighted by Gasteiger charge is 2.41. The molecule has 1 saturated carbocycles. The number of sulfonamides is 1. The van der Waals surface area contributed by atoms with Crippen LogP contribution in [0.5, 0.6) is 0 Å². The summed E-state index contributed by atoms with van der Waals surface area (Å²) in [7, 11) is -3.31. The maximum absolute atomic E-state index is 11.2. The van der Waals surface area contributed by atoms with Crippen LogP contribution in [-0.2, 0) is 14.8 Å². The van der Waals surface area contributed by atoms with E-state index in [1.165, 1.54) is 0 Å². The third kappa shape index (κ3) is 2.39. The minimum Gasteiger partial charge on any atom is -0.376 e. The van der Waals surface area contributed by atoms with Crippen LogP contribution in [0.3, 0.4) is 0 Å². The Labute approximate surface area is 89.0 Å². The van der Waals surface area contributed by atoms with E-state index in [0.29, 0.717) is 12.5 Å². The molecule has 0 aromatic heterocycles. The molecular formula is C8H14ClNO3S. The molecule has 2 unspecified atom stereocenters. The largest absolute Gasteiger partial charge is 0.376 e. The average Bonchev–Trinajstić information content (AvgIpc) is 2.88. The fourth-order valence-corrected chi connectivity index (χ4v) is 2.85. The molecule has 1 N–H and O–H groups in total. The summed E-state index contributed by atoms with van der Waals surface area (Å²) in [4.78, 5) is 0. The van der Waals surface area contributed by atoms with Crippen LogP contribution >= 0.6 is 11.6 Å². The summed E-state index contributed by atoms with van der Waals surface area (Å²) < 4.78 is 30.6. The van der Waals surface area contributed by atoms with Gasteiger partial charge in [0.25, 0.3) is 0 Å². The number of halogens is 1. The van der Waals surface area contributed by atoms with E-state index < -0.39 is 10.0 Å². The highest BCUT2D eigenvalue weighted by Crippen LogP contribution is 2.38. The third-order valence-electron chi connectivity index (χ3n) is 2.70. The van der Waals surface area contributed by atoms with Crippen LogP contribution < -0.4 is 4.72 Å². The number of rotatable bonds is 4. The van der Waals surface area contributed by atoms with Gasteiger partial charge in [-0.25, -0.2) is 13.1 Å². The summed E-state index contributed by atoms with van der Waals surface area (Å²) in [6.45, 7) is 0.649. The molecular weight excluding hydrogens is 226 g/mol. The van der Waals surface area contributed by atoms with Crippen molar-refractivity contribution in [2.75, 3.05) is 11.8 Å². The highest BCUT2D eigenvalue weighted by molar-refractivity contribution is 7.90. The van der Waals surface area contributed by atoms with Crippen LogP contribution in [0.15, 0.2) is 0 Å². The van der Waals surface area contributed by atoms with Crippen molar-refractivity contribution in [1.29, 1.82) is 0 Å². The standard InChI is InChI=1S/C8H14ClNO3S/c9-5-14(11,12)10-7-3-4-13-8(7)6-1-2-6/h6-8,10H,1-5H2. The molecule has 1 heterocycles. The molecule has 1 aliphatic heterocycles. The number of hydrogen-bond acceptors (Lipinski definition) is 3. The van der Waals surface area contributed by atoms with Crippen LogP contribution in [0.4, 0.5) is 0 Å². The minimum absolute atomic E-state index is 0.0637. The zero-order valence-electron chi connectivity index (χ0n) is 7.78. The Bertz CT molecular complexity index is 302. The quantitative estimate of drug-likeness (QED) is 0.734. The molecule has 2 rings (SSSR count). The van der Waals surface area contributed by atoms with Gasteiger partial charge in [-0.05, 0) is 25.2 Å². The maximum Gasteiger partial charge on any atom is 0.225 e. The predicted molar refractivity (Wildman–Crippen MR) is 53.6 cm³/mol. The Kier molecular flexibility index (Phi) is 3.02. The van der Waals surface area contributed by atoms with E-state index in [0.717, 1.165) is 19.3 Å². The van der Waals surface area contributed by atoms with Gasteiger partial charge in [0.05, 0.1) is 12.1 Å². The maximum atomic E-state index is 11.2. The Morgan fingerprint density at radius 2 is 2.07 bits per heavy atom. The Morgan fingerprint density at radius 3 is 2.64 bits per heavy atom. The summed E-state index contributed by atoms with van der Waals surface area (Å²) >= 11 is 5.32. The van der Waals surface area contributed by atoms with Crippen LogP contribution in [0.1, 0.15) is 19.3 Å². The van der Waals surface area contributed by atoms with E-state index in [9.17, 15) is 8.42 Å². The number of alkyl halides is 1. The van der Waals surface area contributed by atoms with Crippen molar-refractivity contribution in [1.82, 2.24) is 4.72 Å². The van der Waals surface area contributed by atoms with Gasteiger partial charge in [-0.2, -0.15) is 0 Å². The lowest BCUT2D eigenvalue weighted by atomic mass is 10.1. The molecule has 14 heavy (non-hydrogen) atoms. The fraction of sp³-hybridized carbons (Fsp3) is 1.00. The van der Waals surface area contributed by atoms with Gasteiger partial charge in [0.2, 0.25) is 10.0 Å². The first-order valence-electron chi connectivity index (χ1n) is 4.80. The molecule has 1 saturated heterocycles. The topological polar surface area (TPSA) is 55.4 Å². The van der Waals surface area contributed by atoms with Gasteiger partial charge in [-0.3, -0.25) is 0 Å². The Balaban J connectivity index is 1.96. The van der Waals surface area contributed by atoms with Crippen molar-refractivity contribution in [2.45, 2.75) is 31.4 Å². The second kappa shape index (κ2) is 3.96. The van der Waals surface area contributed by atoms with Gasteiger partial charge >= 0.3 is 0 Å². The third-order valence-corrected chi connectivity index (χ3v) is 4.51. The van der Waals surface area contributed by atoms with Gasteiger partial charge in [-0.1, -0.05) is 0 Å². The lowest BCUT2D eigenvalue weighted by Crippen LogP contribution is -2.41. The van der Waals surface area contributed by atoms with Gasteiger partial charge in [0, 0.05) is 6.61 Å². The summed E-state index contributed by atoms with van der Waals surface area (Å²) in [5.41, 5.74) is 0. The predicted octanol–water partition coefficient (Wildman–Crippen LogP) is 0.670. The molecule has 4 nitrogen and oxygen atoms in total. The van der Waals surface area contributed by atoms with Crippen LogP contribution in [0, 0.1) is 5.92 Å². The van der Waals surface area contributed by atoms with Crippen LogP contribution in [-0.4, -0.2) is 32.4 Å². The second-order valence-electron chi connectivity index (χ2n) is 3.91. The van der Waals surface area contributed by atoms with Crippen molar-refractivity contribution >= 4 is 21.6 Å². The fourth-order valence-electron chi connectivity index (χ4n) is 1.89. The molecule has 0 aromatic rings. The first-order valence-corrected chi connectivity index (χ1v) is 6.98. The van der Waals surface area contributed by atoms with E-state index in [1.807, 2.05) is 0 Å². The molecule has 2 atom stereocenters. The molecule has 0 radical (unpaired) electrons. The molecule has 1 aliphatic carbocycles. The first-order chi connectivity index (χ1) is 6.62. The Morgan fingerprint density at radius 1 is 1.36 bits per heavy atom. The zero-order valence-corrected chi connectivity index (χ0v) is 9.35. The Hall–Kier alpha value is 0.160. The molecule has 2 aliphatic rings. The van der Waals surface area contributed by atoms with Crippen LogP contribution in [0.2, 0.25) is 0 Å². The van der Waals surface area contributed by atoms with Crippen molar-refractivity contribution in [3.63, 3.8) is 0 Å². The van der Waals surface area contributed by atoms with E-state index in [2.05, 4.69) is 4.72 Å². The molecule has 0 amide bonds. The normalized spacial score (nSPS) is 33.5. The van der Waals surface area contributed by atoms with Crippen molar-refractivity contribution in [2.24, 2.45) is 5.92 Å². The van der Waals surface area contributed by atoms with E-state index in [4.69, 9.17) is 16.3 Å². The highest BCUT2D eigenvalue weighted by atomic mass is 35.5. The lowest BCUT2D eigenvalue weighted by molar-refractivity contribution is 0.0848. The second-order valence-corrected chi connectivity index (χ2v) is 6.25. The lowest BCUT2D eigenvalue weighted by Gasteiger charge is -2.18. The first kappa shape index (κ1) is 10.7. The SMILES string of the molecule is O=S(=O)(CCl)NC1CCOC1C1CC1. The van der Waals surface area contributed by atoms with Gasteiger partial charge in [0.15, 0.2) is 0 Å². The van der Waals surface area contributed by atoms with Gasteiger partial charge in [0.1, 0.15) is 5.21 Å². The van der Waals surface area contributed by atoms with Gasteiger partial charge < -0.3 is 4.74 Å². The van der Waals surface area contributed by atoms with Crippen molar-refractivity contribution in [3.05, 3.63) is 0 Å². The summed E-state index contributed by atoms with van der Waals surface area (Å²) in [6.07, 6.45) is 3.15. The molecule has 0 spiro atoms. The summed E-state index contributed by atoms with van der Waals surface area (Å²) in [5.74, 6) is 0.556. The van der Waals surface area contributed by atoms with Crippen molar-refractivity contribution in [3.8, 4) is 0 Å². The monoisotopic (exact) mass is 239 g/mol. The number of nitrogens with one attached hydrogen (secondary N) is 1. The summed E-state index contributed by atoms with van der Waals surface area (Å²) in [5, 5.41) is -0.374.